The van der Waals surface area contributed by atoms with Gasteiger partial charge in [-0.15, -0.1) is 0 Å². The number of hydrogen-bond acceptors (Lipinski definition) is 4. The van der Waals surface area contributed by atoms with Crippen LogP contribution in [0.5, 0.6) is 5.75 Å². The molecular formula is C10H13NO4. The molecule has 1 atom stereocenters. The average Bonchev–Trinajstić information content (AvgIpc) is 2.18. The number of aliphatic carboxylic acids is 1. The largest absolute Gasteiger partial charge is 0.506 e. The van der Waals surface area contributed by atoms with Crippen LogP contribution in [0.25, 0.3) is 0 Å². The number of aliphatic hydroxyl groups is 1. The highest BCUT2D eigenvalue weighted by Gasteiger charge is 2.14. The molecule has 1 rings (SSSR count). The van der Waals surface area contributed by atoms with E-state index >= 15 is 0 Å². The molecule has 15 heavy (non-hydrogen) atoms. The van der Waals surface area contributed by atoms with Crippen LogP contribution in [0, 0.1) is 0 Å². The van der Waals surface area contributed by atoms with Crippen LogP contribution < -0.4 is 5.73 Å². The summed E-state index contributed by atoms with van der Waals surface area (Å²) in [4.78, 5) is 10.3. The fourth-order valence-corrected chi connectivity index (χ4v) is 1.28. The molecule has 5 N–H and O–H groups in total. The van der Waals surface area contributed by atoms with E-state index in [1.54, 1.807) is 12.1 Å². The molecule has 1 aromatic rings. The molecule has 5 heteroatoms. The molecule has 0 aliphatic rings. The lowest BCUT2D eigenvalue weighted by Gasteiger charge is -2.12. The number of hydrogen-bond donors (Lipinski definition) is 4. The van der Waals surface area contributed by atoms with Crippen LogP contribution >= 0.6 is 0 Å². The highest BCUT2D eigenvalue weighted by molar-refractivity contribution is 5.67. The highest BCUT2D eigenvalue weighted by Crippen LogP contribution is 2.30. The second kappa shape index (κ2) is 4.65. The van der Waals surface area contributed by atoms with Crippen molar-refractivity contribution in [3.05, 3.63) is 23.8 Å². The highest BCUT2D eigenvalue weighted by atomic mass is 16.4. The van der Waals surface area contributed by atoms with Gasteiger partial charge in [-0.3, -0.25) is 4.79 Å². The van der Waals surface area contributed by atoms with Crippen molar-refractivity contribution in [2.24, 2.45) is 0 Å². The molecule has 0 heterocycles. The molecule has 0 aromatic heterocycles. The molecule has 0 radical (unpaired) electrons. The summed E-state index contributed by atoms with van der Waals surface area (Å²) in [5, 5.41) is 27.3. The van der Waals surface area contributed by atoms with Crippen molar-refractivity contribution in [1.29, 1.82) is 0 Å². The summed E-state index contributed by atoms with van der Waals surface area (Å²) in [6.45, 7) is 0. The third kappa shape index (κ3) is 2.85. The predicted octanol–water partition coefficient (Wildman–Crippen LogP) is 0.873. The molecular weight excluding hydrogens is 198 g/mol. The van der Waals surface area contributed by atoms with Gasteiger partial charge in [-0.1, -0.05) is 12.1 Å². The van der Waals surface area contributed by atoms with E-state index in [1.807, 2.05) is 0 Å². The lowest BCUT2D eigenvalue weighted by Crippen LogP contribution is -2.05. The van der Waals surface area contributed by atoms with Crippen molar-refractivity contribution in [2.75, 3.05) is 5.73 Å². The van der Waals surface area contributed by atoms with E-state index in [-0.39, 0.29) is 24.3 Å². The Morgan fingerprint density at radius 1 is 1.47 bits per heavy atom. The first-order valence-electron chi connectivity index (χ1n) is 4.49. The number of nitrogens with two attached hydrogens (primary N) is 1. The van der Waals surface area contributed by atoms with Crippen molar-refractivity contribution >= 4 is 11.7 Å². The molecule has 0 spiro atoms. The minimum Gasteiger partial charge on any atom is -0.506 e. The van der Waals surface area contributed by atoms with E-state index in [0.717, 1.165) is 0 Å². The standard InChI is InChI=1S/C10H13NO4/c11-10-6(2-1-3-8(10)13)7(12)4-5-9(14)15/h1-3,7,12-13H,4-5,11H2,(H,14,15). The second-order valence-electron chi connectivity index (χ2n) is 3.23. The SMILES string of the molecule is Nc1c(O)cccc1C(O)CCC(=O)O. The van der Waals surface area contributed by atoms with Crippen LogP contribution in [-0.4, -0.2) is 21.3 Å². The van der Waals surface area contributed by atoms with Gasteiger partial charge in [0, 0.05) is 12.0 Å². The summed E-state index contributed by atoms with van der Waals surface area (Å²) in [5.74, 6) is -1.09. The van der Waals surface area contributed by atoms with Gasteiger partial charge in [-0.05, 0) is 12.5 Å². The van der Waals surface area contributed by atoms with Crippen molar-refractivity contribution in [2.45, 2.75) is 18.9 Å². The van der Waals surface area contributed by atoms with E-state index in [1.165, 1.54) is 6.07 Å². The monoisotopic (exact) mass is 211 g/mol. The van der Waals surface area contributed by atoms with Gasteiger partial charge in [0.2, 0.25) is 0 Å². The summed E-state index contributed by atoms with van der Waals surface area (Å²) >= 11 is 0. The number of carbonyl (C=O) groups is 1. The van der Waals surface area contributed by atoms with Gasteiger partial charge < -0.3 is 21.1 Å². The topological polar surface area (TPSA) is 104 Å². The van der Waals surface area contributed by atoms with Gasteiger partial charge in [0.25, 0.3) is 0 Å². The molecule has 82 valence electrons. The number of phenolic OH excluding ortho intramolecular Hbond substituents is 1. The quantitative estimate of drug-likeness (QED) is 0.437. The molecule has 0 bridgehead atoms. The molecule has 0 saturated carbocycles. The Morgan fingerprint density at radius 2 is 2.13 bits per heavy atom. The lowest BCUT2D eigenvalue weighted by molar-refractivity contribution is -0.137. The molecule has 0 amide bonds. The van der Waals surface area contributed by atoms with Crippen LogP contribution in [-0.2, 0) is 4.79 Å². The average molecular weight is 211 g/mol. The Labute approximate surface area is 86.8 Å². The maximum absolute atomic E-state index is 10.3. The smallest absolute Gasteiger partial charge is 0.303 e. The zero-order chi connectivity index (χ0) is 11.4. The maximum Gasteiger partial charge on any atom is 0.303 e. The zero-order valence-corrected chi connectivity index (χ0v) is 8.05. The van der Waals surface area contributed by atoms with Crippen molar-refractivity contribution in [3.8, 4) is 5.75 Å². The predicted molar refractivity (Wildman–Crippen MR) is 54.3 cm³/mol. The number of benzene rings is 1. The van der Waals surface area contributed by atoms with Crippen LogP contribution in [0.1, 0.15) is 24.5 Å². The summed E-state index contributed by atoms with van der Waals surface area (Å²) in [5.41, 5.74) is 5.98. The van der Waals surface area contributed by atoms with E-state index in [2.05, 4.69) is 0 Å². The van der Waals surface area contributed by atoms with Gasteiger partial charge in [-0.2, -0.15) is 0 Å². The van der Waals surface area contributed by atoms with E-state index < -0.39 is 12.1 Å². The van der Waals surface area contributed by atoms with Crippen LogP contribution in [0.3, 0.4) is 0 Å². The molecule has 5 nitrogen and oxygen atoms in total. The number of para-hydroxylation sites is 1. The van der Waals surface area contributed by atoms with Gasteiger partial charge in [0.1, 0.15) is 5.75 Å². The number of aromatic hydroxyl groups is 1. The summed E-state index contributed by atoms with van der Waals surface area (Å²) in [7, 11) is 0. The van der Waals surface area contributed by atoms with Crippen molar-refractivity contribution in [1.82, 2.24) is 0 Å². The molecule has 1 aromatic carbocycles. The zero-order valence-electron chi connectivity index (χ0n) is 8.05. The van der Waals surface area contributed by atoms with Crippen molar-refractivity contribution in [3.63, 3.8) is 0 Å². The molecule has 0 aliphatic carbocycles. The Bertz CT molecular complexity index is 364. The Kier molecular flexibility index (Phi) is 3.51. The third-order valence-electron chi connectivity index (χ3n) is 2.11. The van der Waals surface area contributed by atoms with Crippen LogP contribution in [0.4, 0.5) is 5.69 Å². The molecule has 0 fully saturated rings. The Hall–Kier alpha value is -1.75. The number of nitrogen functional groups attached to an aromatic ring is 1. The number of phenols is 1. The first kappa shape index (κ1) is 11.3. The molecule has 1 unspecified atom stereocenters. The summed E-state index contributed by atoms with van der Waals surface area (Å²) in [6.07, 6.45) is -1.03. The van der Waals surface area contributed by atoms with Crippen molar-refractivity contribution < 1.29 is 20.1 Å². The lowest BCUT2D eigenvalue weighted by atomic mass is 10.0. The third-order valence-corrected chi connectivity index (χ3v) is 2.11. The second-order valence-corrected chi connectivity index (χ2v) is 3.23. The number of carboxylic acid groups (broad SMARTS) is 1. The number of rotatable bonds is 4. The summed E-state index contributed by atoms with van der Waals surface area (Å²) < 4.78 is 0. The fraction of sp³-hybridized carbons (Fsp3) is 0.300. The van der Waals surface area contributed by atoms with Crippen LogP contribution in [0.15, 0.2) is 18.2 Å². The first-order chi connectivity index (χ1) is 7.02. The molecule has 0 aliphatic heterocycles. The number of aliphatic hydroxyl groups excluding tert-OH is 1. The van der Waals surface area contributed by atoms with E-state index in [4.69, 9.17) is 10.8 Å². The van der Waals surface area contributed by atoms with Gasteiger partial charge in [0.15, 0.2) is 0 Å². The minimum atomic E-state index is -0.979. The van der Waals surface area contributed by atoms with Gasteiger partial charge in [-0.25, -0.2) is 0 Å². The maximum atomic E-state index is 10.3. The number of carboxylic acids is 1. The Balaban J connectivity index is 2.77. The van der Waals surface area contributed by atoms with E-state index in [9.17, 15) is 15.0 Å². The van der Waals surface area contributed by atoms with Crippen LogP contribution in [0.2, 0.25) is 0 Å². The normalized spacial score (nSPS) is 12.3. The van der Waals surface area contributed by atoms with E-state index in [0.29, 0.717) is 5.56 Å². The summed E-state index contributed by atoms with van der Waals surface area (Å²) in [6, 6.07) is 4.51. The molecule has 0 saturated heterocycles. The van der Waals surface area contributed by atoms with Gasteiger partial charge in [0.05, 0.1) is 11.8 Å². The van der Waals surface area contributed by atoms with Gasteiger partial charge >= 0.3 is 5.97 Å². The minimum absolute atomic E-state index is 0.0724. The Morgan fingerprint density at radius 3 is 2.73 bits per heavy atom. The first-order valence-corrected chi connectivity index (χ1v) is 4.49. The number of anilines is 1. The fourth-order valence-electron chi connectivity index (χ4n) is 1.28.